The summed E-state index contributed by atoms with van der Waals surface area (Å²) in [7, 11) is 0. The van der Waals surface area contributed by atoms with Gasteiger partial charge in [-0.2, -0.15) is 8.78 Å². The predicted octanol–water partition coefficient (Wildman–Crippen LogP) is 3.64. The molecule has 0 unspecified atom stereocenters. The fraction of sp³-hybridized carbons (Fsp3) is 0.571. The molecule has 0 amide bonds. The maximum atomic E-state index is 13.6. The van der Waals surface area contributed by atoms with Crippen molar-refractivity contribution in [3.05, 3.63) is 17.9 Å². The standard InChI is InChI=1S/C14H19F3N2O/c1-14(2)4-3-5-19(8-14)11-7-12(20-13(16)17)9(15)6-10(11)18/h6-7,13H,3-5,8,18H2,1-2H3. The summed E-state index contributed by atoms with van der Waals surface area (Å²) in [5.74, 6) is -1.34. The van der Waals surface area contributed by atoms with E-state index in [-0.39, 0.29) is 11.1 Å². The smallest absolute Gasteiger partial charge is 0.387 e. The van der Waals surface area contributed by atoms with Gasteiger partial charge in [-0.05, 0) is 18.3 Å². The van der Waals surface area contributed by atoms with Gasteiger partial charge in [-0.25, -0.2) is 4.39 Å². The first kappa shape index (κ1) is 14.8. The van der Waals surface area contributed by atoms with Gasteiger partial charge in [0.05, 0.1) is 11.4 Å². The molecule has 0 radical (unpaired) electrons. The molecule has 2 rings (SSSR count). The van der Waals surface area contributed by atoms with Crippen molar-refractivity contribution in [1.82, 2.24) is 0 Å². The van der Waals surface area contributed by atoms with Crippen molar-refractivity contribution in [3.63, 3.8) is 0 Å². The predicted molar refractivity (Wildman–Crippen MR) is 72.7 cm³/mol. The number of piperidine rings is 1. The van der Waals surface area contributed by atoms with Crippen LogP contribution in [0.2, 0.25) is 0 Å². The third-order valence-corrected chi connectivity index (χ3v) is 3.54. The highest BCUT2D eigenvalue weighted by Gasteiger charge is 2.28. The highest BCUT2D eigenvalue weighted by atomic mass is 19.3. The molecule has 2 N–H and O–H groups in total. The van der Waals surface area contributed by atoms with Crippen LogP contribution in [0.15, 0.2) is 12.1 Å². The molecule has 1 heterocycles. The van der Waals surface area contributed by atoms with E-state index in [9.17, 15) is 13.2 Å². The number of alkyl halides is 2. The van der Waals surface area contributed by atoms with Crippen LogP contribution in [0.3, 0.4) is 0 Å². The summed E-state index contributed by atoms with van der Waals surface area (Å²) >= 11 is 0. The molecule has 112 valence electrons. The number of nitrogens with zero attached hydrogens (tertiary/aromatic N) is 1. The number of hydrogen-bond acceptors (Lipinski definition) is 3. The van der Waals surface area contributed by atoms with Crippen LogP contribution >= 0.6 is 0 Å². The highest BCUT2D eigenvalue weighted by Crippen LogP contribution is 2.37. The molecule has 1 aliphatic rings. The van der Waals surface area contributed by atoms with Crippen LogP contribution in [-0.4, -0.2) is 19.7 Å². The topological polar surface area (TPSA) is 38.5 Å². The molecule has 0 bridgehead atoms. The van der Waals surface area contributed by atoms with Crippen LogP contribution in [0.25, 0.3) is 0 Å². The Hall–Kier alpha value is -1.59. The Morgan fingerprint density at radius 1 is 1.35 bits per heavy atom. The van der Waals surface area contributed by atoms with Crippen LogP contribution in [-0.2, 0) is 0 Å². The third-order valence-electron chi connectivity index (χ3n) is 3.54. The summed E-state index contributed by atoms with van der Waals surface area (Å²) in [6.45, 7) is 2.73. The van der Waals surface area contributed by atoms with E-state index in [0.717, 1.165) is 32.0 Å². The summed E-state index contributed by atoms with van der Waals surface area (Å²) in [5.41, 5.74) is 6.72. The van der Waals surface area contributed by atoms with Crippen molar-refractivity contribution in [3.8, 4) is 5.75 Å². The molecule has 0 saturated carbocycles. The van der Waals surface area contributed by atoms with E-state index < -0.39 is 18.2 Å². The average molecular weight is 288 g/mol. The Morgan fingerprint density at radius 3 is 2.65 bits per heavy atom. The van der Waals surface area contributed by atoms with Crippen LogP contribution in [0.4, 0.5) is 24.5 Å². The molecule has 1 fully saturated rings. The van der Waals surface area contributed by atoms with Crippen LogP contribution in [0.1, 0.15) is 26.7 Å². The van der Waals surface area contributed by atoms with Crippen molar-refractivity contribution in [1.29, 1.82) is 0 Å². The van der Waals surface area contributed by atoms with E-state index in [4.69, 9.17) is 5.73 Å². The molecular formula is C14H19F3N2O. The molecular weight excluding hydrogens is 269 g/mol. The Labute approximate surface area is 116 Å². The van der Waals surface area contributed by atoms with E-state index in [2.05, 4.69) is 18.6 Å². The number of hydrogen-bond donors (Lipinski definition) is 1. The number of ether oxygens (including phenoxy) is 1. The summed E-state index contributed by atoms with van der Waals surface area (Å²) < 4.78 is 42.3. The molecule has 0 atom stereocenters. The maximum Gasteiger partial charge on any atom is 0.387 e. The Balaban J connectivity index is 2.31. The molecule has 1 aromatic rings. The number of nitrogens with two attached hydrogens (primary N) is 1. The van der Waals surface area contributed by atoms with Gasteiger partial charge < -0.3 is 15.4 Å². The van der Waals surface area contributed by atoms with Crippen molar-refractivity contribution < 1.29 is 17.9 Å². The second kappa shape index (κ2) is 5.42. The first-order valence-electron chi connectivity index (χ1n) is 6.57. The quantitative estimate of drug-likeness (QED) is 0.863. The minimum Gasteiger partial charge on any atom is -0.432 e. The van der Waals surface area contributed by atoms with Gasteiger partial charge in [0.15, 0.2) is 11.6 Å². The molecule has 20 heavy (non-hydrogen) atoms. The molecule has 1 aromatic carbocycles. The number of benzene rings is 1. The second-order valence-corrected chi connectivity index (χ2v) is 5.91. The first-order valence-corrected chi connectivity index (χ1v) is 6.57. The number of nitrogen functional groups attached to an aromatic ring is 1. The minimum atomic E-state index is -3.06. The van der Waals surface area contributed by atoms with Crippen molar-refractivity contribution in [2.45, 2.75) is 33.3 Å². The van der Waals surface area contributed by atoms with Gasteiger partial charge in [-0.15, -0.1) is 0 Å². The summed E-state index contributed by atoms with van der Waals surface area (Å²) in [5, 5.41) is 0. The second-order valence-electron chi connectivity index (χ2n) is 5.91. The van der Waals surface area contributed by atoms with Crippen molar-refractivity contribution in [2.75, 3.05) is 23.7 Å². The van der Waals surface area contributed by atoms with E-state index in [0.29, 0.717) is 5.69 Å². The van der Waals surface area contributed by atoms with E-state index in [1.165, 1.54) is 6.07 Å². The average Bonchev–Trinajstić information content (AvgIpc) is 2.30. The Kier molecular flexibility index (Phi) is 4.01. The van der Waals surface area contributed by atoms with E-state index >= 15 is 0 Å². The molecule has 6 heteroatoms. The summed E-state index contributed by atoms with van der Waals surface area (Å²) in [6.07, 6.45) is 2.07. The monoisotopic (exact) mass is 288 g/mol. The fourth-order valence-corrected chi connectivity index (χ4v) is 2.65. The number of halogens is 3. The SMILES string of the molecule is CC1(C)CCCN(c2cc(OC(F)F)c(F)cc2N)C1. The maximum absolute atomic E-state index is 13.6. The summed E-state index contributed by atoms with van der Waals surface area (Å²) in [4.78, 5) is 2.00. The van der Waals surface area contributed by atoms with Gasteiger partial charge in [0.1, 0.15) is 0 Å². The minimum absolute atomic E-state index is 0.114. The zero-order chi connectivity index (χ0) is 14.9. The van der Waals surface area contributed by atoms with Crippen LogP contribution in [0.5, 0.6) is 5.75 Å². The third kappa shape index (κ3) is 3.29. The molecule has 0 aromatic heterocycles. The Bertz CT molecular complexity index is 492. The van der Waals surface area contributed by atoms with E-state index in [1.807, 2.05) is 4.90 Å². The normalized spacial score (nSPS) is 18.4. The molecule has 0 spiro atoms. The van der Waals surface area contributed by atoms with Gasteiger partial charge in [0.2, 0.25) is 0 Å². The molecule has 3 nitrogen and oxygen atoms in total. The largest absolute Gasteiger partial charge is 0.432 e. The van der Waals surface area contributed by atoms with Crippen LogP contribution in [0, 0.1) is 11.2 Å². The van der Waals surface area contributed by atoms with E-state index in [1.54, 1.807) is 0 Å². The lowest BCUT2D eigenvalue weighted by Gasteiger charge is -2.40. The fourth-order valence-electron chi connectivity index (χ4n) is 2.65. The summed E-state index contributed by atoms with van der Waals surface area (Å²) in [6, 6.07) is 2.30. The molecule has 1 saturated heterocycles. The van der Waals surface area contributed by atoms with Gasteiger partial charge >= 0.3 is 6.61 Å². The molecule has 0 aliphatic carbocycles. The number of rotatable bonds is 3. The first-order chi connectivity index (χ1) is 9.28. The number of anilines is 2. The van der Waals surface area contributed by atoms with Crippen LogP contribution < -0.4 is 15.4 Å². The van der Waals surface area contributed by atoms with Crippen molar-refractivity contribution in [2.24, 2.45) is 5.41 Å². The lowest BCUT2D eigenvalue weighted by Crippen LogP contribution is -2.40. The van der Waals surface area contributed by atoms with Gasteiger partial charge in [0, 0.05) is 25.2 Å². The Morgan fingerprint density at radius 2 is 2.05 bits per heavy atom. The van der Waals surface area contributed by atoms with Gasteiger partial charge in [-0.1, -0.05) is 13.8 Å². The highest BCUT2D eigenvalue weighted by molar-refractivity contribution is 5.70. The van der Waals surface area contributed by atoms with Crippen molar-refractivity contribution >= 4 is 11.4 Å². The lowest BCUT2D eigenvalue weighted by molar-refractivity contribution is -0.0521. The zero-order valence-corrected chi connectivity index (χ0v) is 11.6. The zero-order valence-electron chi connectivity index (χ0n) is 11.6. The lowest BCUT2D eigenvalue weighted by atomic mass is 9.84. The van der Waals surface area contributed by atoms with Gasteiger partial charge in [0.25, 0.3) is 0 Å². The van der Waals surface area contributed by atoms with Gasteiger partial charge in [-0.3, -0.25) is 0 Å². The molecule has 1 aliphatic heterocycles.